The van der Waals surface area contributed by atoms with Crippen LogP contribution in [-0.4, -0.2) is 0 Å². The maximum Gasteiger partial charge on any atom is 0.123 e. The van der Waals surface area contributed by atoms with Gasteiger partial charge >= 0.3 is 0 Å². The summed E-state index contributed by atoms with van der Waals surface area (Å²) in [5.74, 6) is 1.26. The van der Waals surface area contributed by atoms with E-state index in [4.69, 9.17) is 22.1 Å². The summed E-state index contributed by atoms with van der Waals surface area (Å²) in [4.78, 5) is 0. The van der Waals surface area contributed by atoms with Crippen molar-refractivity contribution >= 4 is 17.3 Å². The fraction of sp³-hybridized carbons (Fsp3) is 0.294. The summed E-state index contributed by atoms with van der Waals surface area (Å²) in [7, 11) is 0. The van der Waals surface area contributed by atoms with Crippen molar-refractivity contribution in [1.29, 1.82) is 0 Å². The molecular weight excluding hydrogens is 270 g/mol. The fourth-order valence-electron chi connectivity index (χ4n) is 2.04. The van der Waals surface area contributed by atoms with Crippen LogP contribution in [0.25, 0.3) is 0 Å². The lowest BCUT2D eigenvalue weighted by molar-refractivity contribution is 0.303. The molecule has 0 amide bonds. The lowest BCUT2D eigenvalue weighted by Crippen LogP contribution is -1.99. The molecule has 2 nitrogen and oxygen atoms in total. The number of anilines is 1. The molecule has 2 aromatic carbocycles. The number of aryl methyl sites for hydroxylation is 1. The summed E-state index contributed by atoms with van der Waals surface area (Å²) in [5, 5.41) is 0.803. The number of nitrogens with two attached hydrogens (primary N) is 1. The van der Waals surface area contributed by atoms with Crippen LogP contribution < -0.4 is 10.5 Å². The van der Waals surface area contributed by atoms with Gasteiger partial charge < -0.3 is 10.5 Å². The van der Waals surface area contributed by atoms with E-state index in [9.17, 15) is 0 Å². The van der Waals surface area contributed by atoms with Gasteiger partial charge in [-0.25, -0.2) is 0 Å². The van der Waals surface area contributed by atoms with Gasteiger partial charge in [0.15, 0.2) is 0 Å². The van der Waals surface area contributed by atoms with Gasteiger partial charge in [0, 0.05) is 10.7 Å². The third-order valence-electron chi connectivity index (χ3n) is 3.29. The summed E-state index contributed by atoms with van der Waals surface area (Å²) in [6, 6.07) is 11.7. The van der Waals surface area contributed by atoms with E-state index in [2.05, 4.69) is 13.8 Å². The van der Waals surface area contributed by atoms with Gasteiger partial charge in [0.2, 0.25) is 0 Å². The SMILES string of the molecule is Cc1cc(Cl)c(C(C)C)cc1OCc1ccc(N)cc1. The van der Waals surface area contributed by atoms with Crippen LogP contribution in [0.15, 0.2) is 36.4 Å². The maximum atomic E-state index is 6.26. The van der Waals surface area contributed by atoms with Crippen LogP contribution in [0.5, 0.6) is 5.75 Å². The highest BCUT2D eigenvalue weighted by molar-refractivity contribution is 6.31. The number of nitrogen functional groups attached to an aromatic ring is 1. The highest BCUT2D eigenvalue weighted by atomic mass is 35.5. The molecule has 0 unspecified atom stereocenters. The van der Waals surface area contributed by atoms with Crippen LogP contribution in [0.1, 0.15) is 36.5 Å². The van der Waals surface area contributed by atoms with Gasteiger partial charge in [0.1, 0.15) is 12.4 Å². The summed E-state index contributed by atoms with van der Waals surface area (Å²) in [6.07, 6.45) is 0. The van der Waals surface area contributed by atoms with E-state index in [0.29, 0.717) is 12.5 Å². The Kier molecular flexibility index (Phi) is 4.56. The van der Waals surface area contributed by atoms with E-state index in [-0.39, 0.29) is 0 Å². The van der Waals surface area contributed by atoms with Gasteiger partial charge in [-0.2, -0.15) is 0 Å². The Labute approximate surface area is 125 Å². The first-order chi connectivity index (χ1) is 9.47. The molecule has 0 radical (unpaired) electrons. The second-order valence-electron chi connectivity index (χ2n) is 5.32. The number of hydrogen-bond acceptors (Lipinski definition) is 2. The molecule has 3 heteroatoms. The number of ether oxygens (including phenoxy) is 1. The number of benzene rings is 2. The number of hydrogen-bond donors (Lipinski definition) is 1. The first-order valence-electron chi connectivity index (χ1n) is 6.74. The molecule has 2 N–H and O–H groups in total. The lowest BCUT2D eigenvalue weighted by atomic mass is 10.0. The Balaban J connectivity index is 2.16. The molecule has 2 rings (SSSR count). The van der Waals surface area contributed by atoms with Crippen LogP contribution in [0.4, 0.5) is 5.69 Å². The van der Waals surface area contributed by atoms with Crippen LogP contribution in [-0.2, 0) is 6.61 Å². The second-order valence-corrected chi connectivity index (χ2v) is 5.73. The van der Waals surface area contributed by atoms with Crippen molar-refractivity contribution in [3.63, 3.8) is 0 Å². The minimum absolute atomic E-state index is 0.377. The molecule has 0 bridgehead atoms. The summed E-state index contributed by atoms with van der Waals surface area (Å²) < 4.78 is 5.91. The normalized spacial score (nSPS) is 10.8. The van der Waals surface area contributed by atoms with E-state index in [1.54, 1.807) is 0 Å². The predicted octanol–water partition coefficient (Wildman–Crippen LogP) is 4.93. The van der Waals surface area contributed by atoms with Crippen molar-refractivity contribution in [2.24, 2.45) is 0 Å². The molecule has 106 valence electrons. The van der Waals surface area contributed by atoms with Crippen molar-refractivity contribution in [2.45, 2.75) is 33.3 Å². The Hall–Kier alpha value is -1.67. The van der Waals surface area contributed by atoms with Gasteiger partial charge in [-0.15, -0.1) is 0 Å². The predicted molar refractivity (Wildman–Crippen MR) is 85.5 cm³/mol. The van der Waals surface area contributed by atoms with E-state index >= 15 is 0 Å². The molecule has 0 aliphatic carbocycles. The molecule has 20 heavy (non-hydrogen) atoms. The van der Waals surface area contributed by atoms with Crippen molar-refractivity contribution < 1.29 is 4.74 Å². The molecular formula is C17H20ClNO. The second kappa shape index (κ2) is 6.19. The maximum absolute atomic E-state index is 6.26. The zero-order valence-corrected chi connectivity index (χ0v) is 12.9. The van der Waals surface area contributed by atoms with Gasteiger partial charge in [-0.1, -0.05) is 37.6 Å². The molecule has 0 aromatic heterocycles. The average Bonchev–Trinajstić information content (AvgIpc) is 2.39. The largest absolute Gasteiger partial charge is 0.489 e. The summed E-state index contributed by atoms with van der Waals surface area (Å²) in [6.45, 7) is 6.79. The first kappa shape index (κ1) is 14.7. The number of halogens is 1. The average molecular weight is 290 g/mol. The molecule has 0 aliphatic heterocycles. The van der Waals surface area contributed by atoms with Crippen molar-refractivity contribution in [3.8, 4) is 5.75 Å². The third-order valence-corrected chi connectivity index (χ3v) is 3.62. The van der Waals surface area contributed by atoms with Gasteiger partial charge in [-0.05, 0) is 53.8 Å². The smallest absolute Gasteiger partial charge is 0.123 e. The zero-order valence-electron chi connectivity index (χ0n) is 12.1. The van der Waals surface area contributed by atoms with Crippen molar-refractivity contribution in [1.82, 2.24) is 0 Å². The van der Waals surface area contributed by atoms with Crippen molar-refractivity contribution in [3.05, 3.63) is 58.1 Å². The zero-order chi connectivity index (χ0) is 14.7. The summed E-state index contributed by atoms with van der Waals surface area (Å²) >= 11 is 6.26. The highest BCUT2D eigenvalue weighted by Gasteiger charge is 2.10. The lowest BCUT2D eigenvalue weighted by Gasteiger charge is -2.14. The quantitative estimate of drug-likeness (QED) is 0.810. The van der Waals surface area contributed by atoms with Gasteiger partial charge in [0.25, 0.3) is 0 Å². The molecule has 0 saturated carbocycles. The van der Waals surface area contributed by atoms with Crippen LogP contribution in [0.3, 0.4) is 0 Å². The third kappa shape index (κ3) is 3.45. The summed E-state index contributed by atoms with van der Waals surface area (Å²) in [5.41, 5.74) is 9.70. The minimum atomic E-state index is 0.377. The number of rotatable bonds is 4. The fourth-order valence-corrected chi connectivity index (χ4v) is 2.48. The van der Waals surface area contributed by atoms with E-state index in [1.807, 2.05) is 43.3 Å². The van der Waals surface area contributed by atoms with Crippen LogP contribution in [0.2, 0.25) is 5.02 Å². The Morgan fingerprint density at radius 2 is 1.80 bits per heavy atom. The minimum Gasteiger partial charge on any atom is -0.489 e. The van der Waals surface area contributed by atoms with Crippen molar-refractivity contribution in [2.75, 3.05) is 5.73 Å². The van der Waals surface area contributed by atoms with E-state index in [1.165, 1.54) is 0 Å². The van der Waals surface area contributed by atoms with Gasteiger partial charge in [0.05, 0.1) is 0 Å². The molecule has 0 atom stereocenters. The molecule has 0 aliphatic rings. The van der Waals surface area contributed by atoms with E-state index in [0.717, 1.165) is 33.1 Å². The molecule has 0 heterocycles. The van der Waals surface area contributed by atoms with E-state index < -0.39 is 0 Å². The standard InChI is InChI=1S/C17H20ClNO/c1-11(2)15-9-17(12(3)8-16(15)18)20-10-13-4-6-14(19)7-5-13/h4-9,11H,10,19H2,1-3H3. The Morgan fingerprint density at radius 3 is 2.40 bits per heavy atom. The monoisotopic (exact) mass is 289 g/mol. The highest BCUT2D eigenvalue weighted by Crippen LogP contribution is 2.31. The van der Waals surface area contributed by atoms with Crippen LogP contribution >= 0.6 is 11.6 Å². The molecule has 2 aromatic rings. The Bertz CT molecular complexity index is 591. The first-order valence-corrected chi connectivity index (χ1v) is 7.12. The topological polar surface area (TPSA) is 35.2 Å². The Morgan fingerprint density at radius 1 is 1.15 bits per heavy atom. The van der Waals surface area contributed by atoms with Gasteiger partial charge in [-0.3, -0.25) is 0 Å². The van der Waals surface area contributed by atoms with Crippen LogP contribution in [0, 0.1) is 6.92 Å². The molecule has 0 fully saturated rings. The molecule has 0 saturated heterocycles. The molecule has 0 spiro atoms.